The molecule has 0 aliphatic rings. The van der Waals surface area contributed by atoms with Crippen LogP contribution in [0.15, 0.2) is 206 Å². The Morgan fingerprint density at radius 2 is 0.629 bits per heavy atom. The molecule has 12 aromatic rings. The summed E-state index contributed by atoms with van der Waals surface area (Å²) in [5.41, 5.74) is 14.4. The summed E-state index contributed by atoms with van der Waals surface area (Å²) in [6.07, 6.45) is 0. The van der Waals surface area contributed by atoms with Crippen LogP contribution in [-0.2, 0) is 0 Å². The second-order valence-corrected chi connectivity index (χ2v) is 17.4. The van der Waals surface area contributed by atoms with Gasteiger partial charge in [-0.05, 0) is 57.6 Å². The molecule has 0 amide bonds. The fraction of sp³-hybridized carbons (Fsp3) is 0. The Morgan fingerprint density at radius 3 is 1.08 bits per heavy atom. The third-order valence-corrected chi connectivity index (χ3v) is 13.9. The first-order valence-electron chi connectivity index (χ1n) is 20.6. The normalized spacial score (nSPS) is 11.5. The molecule has 4 heterocycles. The van der Waals surface area contributed by atoms with Crippen LogP contribution in [0.4, 0.5) is 0 Å². The highest BCUT2D eigenvalue weighted by atomic mass is 32.1. The van der Waals surface area contributed by atoms with Crippen molar-refractivity contribution < 1.29 is 0 Å². The minimum atomic E-state index is 0.671. The number of hydrogen-bond acceptors (Lipinski definition) is 6. The summed E-state index contributed by atoms with van der Waals surface area (Å²) in [6.45, 7) is 0. The Kier molecular flexibility index (Phi) is 8.84. The fourth-order valence-electron chi connectivity index (χ4n) is 8.59. The molecule has 0 aliphatic carbocycles. The number of benzene rings is 8. The molecule has 0 saturated carbocycles. The third kappa shape index (κ3) is 6.28. The lowest BCUT2D eigenvalue weighted by Crippen LogP contribution is -1.98. The number of fused-ring (bicyclic) bond motifs is 6. The van der Waals surface area contributed by atoms with E-state index in [0.717, 1.165) is 87.1 Å². The molecule has 6 heteroatoms. The van der Waals surface area contributed by atoms with Crippen molar-refractivity contribution in [1.82, 2.24) is 19.9 Å². The number of hydrogen-bond donors (Lipinski definition) is 0. The third-order valence-electron chi connectivity index (χ3n) is 11.6. The van der Waals surface area contributed by atoms with Gasteiger partial charge in [0.1, 0.15) is 0 Å². The summed E-state index contributed by atoms with van der Waals surface area (Å²) < 4.78 is 4.52. The molecule has 62 heavy (non-hydrogen) atoms. The standard InChI is InChI=1S/C56H34N4S2/c1-3-17-35(18-4-1)37-21-15-23-39(33-37)49-53-51(45-29-11-13-31-47(45)61-53)59-55(57-49)43-27-9-7-25-41(43)42-26-8-10-28-44(42)56-58-50(54-52(60-56)46-30-12-14-32-48(46)62-54)40-24-16-22-38(34-40)36-19-5-2-6-20-36/h1-34H. The smallest absolute Gasteiger partial charge is 0.161 e. The summed E-state index contributed by atoms with van der Waals surface area (Å²) in [5, 5.41) is 2.26. The largest absolute Gasteiger partial charge is 0.226 e. The van der Waals surface area contributed by atoms with Crippen molar-refractivity contribution in [2.24, 2.45) is 0 Å². The van der Waals surface area contributed by atoms with Gasteiger partial charge in [-0.2, -0.15) is 0 Å². The van der Waals surface area contributed by atoms with Crippen LogP contribution in [0.3, 0.4) is 0 Å². The van der Waals surface area contributed by atoms with Gasteiger partial charge in [0.15, 0.2) is 11.6 Å². The number of rotatable bonds is 7. The van der Waals surface area contributed by atoms with E-state index in [1.807, 2.05) is 0 Å². The quantitative estimate of drug-likeness (QED) is 0.161. The number of nitrogens with zero attached hydrogens (tertiary/aromatic N) is 4. The van der Waals surface area contributed by atoms with E-state index in [9.17, 15) is 0 Å². The zero-order valence-electron chi connectivity index (χ0n) is 33.2. The Balaban J connectivity index is 1.06. The molecule has 0 radical (unpaired) electrons. The van der Waals surface area contributed by atoms with Gasteiger partial charge in [-0.1, -0.05) is 182 Å². The van der Waals surface area contributed by atoms with Gasteiger partial charge >= 0.3 is 0 Å². The minimum Gasteiger partial charge on any atom is -0.226 e. The maximum Gasteiger partial charge on any atom is 0.161 e. The number of aromatic nitrogens is 4. The topological polar surface area (TPSA) is 51.6 Å². The van der Waals surface area contributed by atoms with Crippen molar-refractivity contribution in [2.75, 3.05) is 0 Å². The van der Waals surface area contributed by atoms with E-state index in [1.54, 1.807) is 22.7 Å². The lowest BCUT2D eigenvalue weighted by atomic mass is 9.94. The maximum atomic E-state index is 5.48. The molecule has 0 aliphatic heterocycles. The van der Waals surface area contributed by atoms with E-state index in [2.05, 4.69) is 206 Å². The van der Waals surface area contributed by atoms with Crippen LogP contribution in [0.5, 0.6) is 0 Å². The van der Waals surface area contributed by atoms with Crippen LogP contribution in [0.25, 0.3) is 119 Å². The van der Waals surface area contributed by atoms with Crippen LogP contribution >= 0.6 is 22.7 Å². The van der Waals surface area contributed by atoms with Crippen molar-refractivity contribution in [1.29, 1.82) is 0 Å². The summed E-state index contributed by atoms with van der Waals surface area (Å²) in [4.78, 5) is 21.8. The summed E-state index contributed by atoms with van der Waals surface area (Å²) in [5.74, 6) is 1.34. The van der Waals surface area contributed by atoms with Crippen LogP contribution in [0.1, 0.15) is 0 Å². The Hall–Kier alpha value is -7.64. The molecule has 0 bridgehead atoms. The molecule has 0 fully saturated rings. The molecule has 0 atom stereocenters. The van der Waals surface area contributed by atoms with Gasteiger partial charge in [0, 0.05) is 42.4 Å². The van der Waals surface area contributed by atoms with E-state index >= 15 is 0 Å². The van der Waals surface area contributed by atoms with Crippen LogP contribution < -0.4 is 0 Å². The molecule has 12 rings (SSSR count). The zero-order valence-corrected chi connectivity index (χ0v) is 34.9. The lowest BCUT2D eigenvalue weighted by Gasteiger charge is -2.15. The molecule has 0 unspecified atom stereocenters. The van der Waals surface area contributed by atoms with Crippen molar-refractivity contribution in [2.45, 2.75) is 0 Å². The van der Waals surface area contributed by atoms with Gasteiger partial charge in [-0.25, -0.2) is 19.9 Å². The molecule has 4 nitrogen and oxygen atoms in total. The second kappa shape index (κ2) is 15.1. The van der Waals surface area contributed by atoms with Crippen molar-refractivity contribution in [3.63, 3.8) is 0 Å². The first kappa shape index (κ1) is 36.2. The van der Waals surface area contributed by atoms with E-state index in [4.69, 9.17) is 19.9 Å². The van der Waals surface area contributed by atoms with E-state index in [1.165, 1.54) is 20.5 Å². The average molecular weight is 827 g/mol. The molecule has 0 spiro atoms. The van der Waals surface area contributed by atoms with Crippen molar-refractivity contribution in [3.05, 3.63) is 206 Å². The monoisotopic (exact) mass is 826 g/mol. The lowest BCUT2D eigenvalue weighted by molar-refractivity contribution is 1.23. The maximum absolute atomic E-state index is 5.48. The molecule has 4 aromatic heterocycles. The SMILES string of the molecule is c1ccc(-c2cccc(-c3nc(-c4ccccc4-c4ccccc4-c4nc(-c5cccc(-c6ccccc6)c5)c5sc6ccccc6c5n4)nc4c3sc3ccccc34)c2)cc1. The van der Waals surface area contributed by atoms with Crippen molar-refractivity contribution >= 4 is 63.3 Å². The van der Waals surface area contributed by atoms with Gasteiger partial charge < -0.3 is 0 Å². The van der Waals surface area contributed by atoms with E-state index in [-0.39, 0.29) is 0 Å². The van der Waals surface area contributed by atoms with Gasteiger partial charge in [-0.15, -0.1) is 22.7 Å². The van der Waals surface area contributed by atoms with Crippen LogP contribution in [-0.4, -0.2) is 19.9 Å². The van der Waals surface area contributed by atoms with E-state index in [0.29, 0.717) is 11.6 Å². The van der Waals surface area contributed by atoms with Crippen LogP contribution in [0.2, 0.25) is 0 Å². The summed E-state index contributed by atoms with van der Waals surface area (Å²) >= 11 is 3.50. The highest BCUT2D eigenvalue weighted by Crippen LogP contribution is 2.44. The molecular weight excluding hydrogens is 793 g/mol. The fourth-order valence-corrected chi connectivity index (χ4v) is 10.9. The first-order valence-corrected chi connectivity index (χ1v) is 22.3. The zero-order chi connectivity index (χ0) is 41.0. The van der Waals surface area contributed by atoms with Crippen LogP contribution in [0, 0.1) is 0 Å². The van der Waals surface area contributed by atoms with E-state index < -0.39 is 0 Å². The summed E-state index contributed by atoms with van der Waals surface area (Å²) in [6, 6.07) is 72.5. The van der Waals surface area contributed by atoms with Gasteiger partial charge in [0.25, 0.3) is 0 Å². The molecular formula is C56H34N4S2. The van der Waals surface area contributed by atoms with Gasteiger partial charge in [-0.3, -0.25) is 0 Å². The first-order chi connectivity index (χ1) is 30.7. The Bertz CT molecular complexity index is 3410. The summed E-state index contributed by atoms with van der Waals surface area (Å²) in [7, 11) is 0. The molecule has 0 saturated heterocycles. The predicted molar refractivity (Wildman–Crippen MR) is 261 cm³/mol. The Morgan fingerprint density at radius 1 is 0.274 bits per heavy atom. The average Bonchev–Trinajstić information content (AvgIpc) is 3.93. The minimum absolute atomic E-state index is 0.671. The van der Waals surface area contributed by atoms with Gasteiger partial charge in [0.2, 0.25) is 0 Å². The number of thiophene rings is 2. The van der Waals surface area contributed by atoms with Gasteiger partial charge in [0.05, 0.1) is 31.8 Å². The Labute approximate surface area is 366 Å². The highest BCUT2D eigenvalue weighted by Gasteiger charge is 2.22. The molecule has 8 aromatic carbocycles. The molecule has 0 N–H and O–H groups in total. The highest BCUT2D eigenvalue weighted by molar-refractivity contribution is 7.26. The second-order valence-electron chi connectivity index (χ2n) is 15.3. The van der Waals surface area contributed by atoms with Crippen molar-refractivity contribution in [3.8, 4) is 78.7 Å². The predicted octanol–water partition coefficient (Wildman–Crippen LogP) is 15.7. The molecule has 290 valence electrons.